The van der Waals surface area contributed by atoms with Gasteiger partial charge in [0.15, 0.2) is 11.6 Å². The molecule has 0 saturated heterocycles. The van der Waals surface area contributed by atoms with Gasteiger partial charge in [0.25, 0.3) is 0 Å². The summed E-state index contributed by atoms with van der Waals surface area (Å²) in [6, 6.07) is 32.0. The molecule has 0 heterocycles. The number of nitrogens with one attached hydrogen (secondary N) is 2. The van der Waals surface area contributed by atoms with Crippen LogP contribution in [0.5, 0.6) is 0 Å². The number of anilines is 2. The average molecular weight is 525 g/mol. The number of rotatable bonds is 6. The summed E-state index contributed by atoms with van der Waals surface area (Å²) in [6.07, 6.45) is 10.5. The van der Waals surface area contributed by atoms with Gasteiger partial charge in [-0.1, -0.05) is 72.4 Å². The highest BCUT2D eigenvalue weighted by Gasteiger charge is 2.17. The summed E-state index contributed by atoms with van der Waals surface area (Å²) in [5, 5.41) is 6.53. The van der Waals surface area contributed by atoms with Crippen LogP contribution in [0.1, 0.15) is 22.3 Å². The molecule has 4 aromatic carbocycles. The molecule has 0 aliphatic heterocycles. The molecule has 4 aromatic rings. The number of ketones is 2. The second-order valence-corrected chi connectivity index (χ2v) is 10.3. The smallest absolute Gasteiger partial charge is 0.187 e. The number of allylic oxidation sites excluding steroid dienone is 4. The number of hydrogen-bond acceptors (Lipinski definition) is 5. The fourth-order valence-electron chi connectivity index (χ4n) is 4.53. The van der Waals surface area contributed by atoms with Crippen LogP contribution >= 0.6 is 11.8 Å². The van der Waals surface area contributed by atoms with Crippen LogP contribution in [-0.2, 0) is 9.59 Å². The highest BCUT2D eigenvalue weighted by Crippen LogP contribution is 2.31. The summed E-state index contributed by atoms with van der Waals surface area (Å²) >= 11 is 1.67. The van der Waals surface area contributed by atoms with Crippen molar-refractivity contribution in [3.63, 3.8) is 0 Å². The van der Waals surface area contributed by atoms with Crippen LogP contribution in [0.4, 0.5) is 11.4 Å². The second-order valence-electron chi connectivity index (χ2n) is 9.13. The van der Waals surface area contributed by atoms with E-state index in [1.807, 2.05) is 84.9 Å². The summed E-state index contributed by atoms with van der Waals surface area (Å²) in [5.74, 6) is -0.0102. The third-order valence-electron chi connectivity index (χ3n) is 6.57. The van der Waals surface area contributed by atoms with Gasteiger partial charge in [0.1, 0.15) is 0 Å². The van der Waals surface area contributed by atoms with Gasteiger partial charge in [0.2, 0.25) is 0 Å². The zero-order valence-electron chi connectivity index (χ0n) is 20.9. The summed E-state index contributed by atoms with van der Waals surface area (Å²) in [5.41, 5.74) is 7.09. The van der Waals surface area contributed by atoms with Crippen LogP contribution in [0.15, 0.2) is 131 Å². The Kier molecular flexibility index (Phi) is 6.81. The van der Waals surface area contributed by atoms with Gasteiger partial charge >= 0.3 is 0 Å². The van der Waals surface area contributed by atoms with Crippen molar-refractivity contribution in [3.05, 3.63) is 144 Å². The van der Waals surface area contributed by atoms with Gasteiger partial charge in [-0.25, -0.2) is 0 Å². The Morgan fingerprint density at radius 3 is 1.33 bits per heavy atom. The van der Waals surface area contributed by atoms with Crippen molar-refractivity contribution in [3.8, 4) is 0 Å². The first kappa shape index (κ1) is 24.5. The maximum absolute atomic E-state index is 12.4. The SMILES string of the molecule is O=C1C=Cc2ccccc2C1=CNc1ccc(Sc2ccc(NC=C3C(=O)C=Cc4ccccc43)cc2)cc1. The van der Waals surface area contributed by atoms with Crippen molar-refractivity contribution in [1.82, 2.24) is 0 Å². The van der Waals surface area contributed by atoms with E-state index in [4.69, 9.17) is 0 Å². The number of benzene rings is 4. The van der Waals surface area contributed by atoms with Crippen molar-refractivity contribution in [2.75, 3.05) is 10.6 Å². The van der Waals surface area contributed by atoms with E-state index in [-0.39, 0.29) is 11.6 Å². The maximum atomic E-state index is 12.4. The lowest BCUT2D eigenvalue weighted by molar-refractivity contribution is -0.110. The summed E-state index contributed by atoms with van der Waals surface area (Å²) in [7, 11) is 0. The van der Waals surface area contributed by atoms with Gasteiger partial charge in [0, 0.05) is 44.7 Å². The minimum Gasteiger partial charge on any atom is -0.361 e. The molecule has 188 valence electrons. The first-order chi connectivity index (χ1) is 19.1. The van der Waals surface area contributed by atoms with E-state index < -0.39 is 0 Å². The topological polar surface area (TPSA) is 58.2 Å². The lowest BCUT2D eigenvalue weighted by Gasteiger charge is -2.14. The molecule has 0 spiro atoms. The molecule has 0 saturated carbocycles. The first-order valence-corrected chi connectivity index (χ1v) is 13.4. The molecule has 39 heavy (non-hydrogen) atoms. The molecule has 0 fully saturated rings. The maximum Gasteiger partial charge on any atom is 0.187 e. The van der Waals surface area contributed by atoms with Gasteiger partial charge in [-0.3, -0.25) is 9.59 Å². The fourth-order valence-corrected chi connectivity index (χ4v) is 5.35. The summed E-state index contributed by atoms with van der Waals surface area (Å²) < 4.78 is 0. The monoisotopic (exact) mass is 524 g/mol. The van der Waals surface area contributed by atoms with Gasteiger partial charge in [-0.15, -0.1) is 0 Å². The number of fused-ring (bicyclic) bond motifs is 2. The Bertz CT molecular complexity index is 1570. The molecule has 0 bridgehead atoms. The largest absolute Gasteiger partial charge is 0.361 e. The highest BCUT2D eigenvalue weighted by atomic mass is 32.2. The zero-order chi connectivity index (χ0) is 26.6. The minimum absolute atomic E-state index is 0.00509. The van der Waals surface area contributed by atoms with Gasteiger partial charge in [-0.05, 0) is 82.9 Å². The van der Waals surface area contributed by atoms with Gasteiger partial charge < -0.3 is 10.6 Å². The summed E-state index contributed by atoms with van der Waals surface area (Å²) in [6.45, 7) is 0. The average Bonchev–Trinajstić information content (AvgIpc) is 2.98. The number of carbonyl (C=O) groups is 2. The van der Waals surface area contributed by atoms with E-state index in [2.05, 4.69) is 34.9 Å². The molecule has 0 radical (unpaired) electrons. The van der Waals surface area contributed by atoms with Crippen LogP contribution in [-0.4, -0.2) is 11.6 Å². The lowest BCUT2D eigenvalue weighted by atomic mass is 9.92. The quantitative estimate of drug-likeness (QED) is 0.251. The molecule has 2 aliphatic rings. The number of carbonyl (C=O) groups excluding carboxylic acids is 2. The molecule has 0 atom stereocenters. The van der Waals surface area contributed by atoms with Crippen LogP contribution in [0.2, 0.25) is 0 Å². The van der Waals surface area contributed by atoms with Crippen molar-refractivity contribution in [1.29, 1.82) is 0 Å². The molecule has 4 nitrogen and oxygen atoms in total. The Morgan fingerprint density at radius 1 is 0.487 bits per heavy atom. The van der Waals surface area contributed by atoms with Crippen LogP contribution in [0, 0.1) is 0 Å². The molecular weight excluding hydrogens is 500 g/mol. The summed E-state index contributed by atoms with van der Waals surface area (Å²) in [4.78, 5) is 27.1. The molecule has 0 aromatic heterocycles. The molecule has 5 heteroatoms. The van der Waals surface area contributed by atoms with Crippen molar-refractivity contribution in [2.45, 2.75) is 9.79 Å². The third kappa shape index (κ3) is 5.40. The minimum atomic E-state index is -0.00509. The van der Waals surface area contributed by atoms with E-state index >= 15 is 0 Å². The van der Waals surface area contributed by atoms with Crippen LogP contribution in [0.3, 0.4) is 0 Å². The molecule has 2 aliphatic carbocycles. The highest BCUT2D eigenvalue weighted by molar-refractivity contribution is 7.99. The Hall–Kier alpha value is -4.87. The fraction of sp³-hybridized carbons (Fsp3) is 0. The predicted octanol–water partition coefficient (Wildman–Crippen LogP) is 7.94. The van der Waals surface area contributed by atoms with Crippen molar-refractivity contribution < 1.29 is 9.59 Å². The second kappa shape index (κ2) is 10.9. The van der Waals surface area contributed by atoms with Crippen LogP contribution in [0.25, 0.3) is 23.3 Å². The predicted molar refractivity (Wildman–Crippen MR) is 161 cm³/mol. The zero-order valence-corrected chi connectivity index (χ0v) is 21.7. The van der Waals surface area contributed by atoms with E-state index in [0.29, 0.717) is 11.1 Å². The normalized spacial score (nSPS) is 15.8. The molecule has 0 unspecified atom stereocenters. The van der Waals surface area contributed by atoms with Crippen molar-refractivity contribution in [2.24, 2.45) is 0 Å². The van der Waals surface area contributed by atoms with Crippen LogP contribution < -0.4 is 10.6 Å². The molecule has 6 rings (SSSR count). The Labute approximate surface area is 231 Å². The Balaban J connectivity index is 1.09. The lowest BCUT2D eigenvalue weighted by Crippen LogP contribution is -2.06. The van der Waals surface area contributed by atoms with Gasteiger partial charge in [-0.2, -0.15) is 0 Å². The standard InChI is InChI=1S/C34H24N2O2S/c37-33-19-9-23-5-1-3-7-29(23)31(33)21-35-25-11-15-27(16-12-25)39-28-17-13-26(14-18-28)36-22-32-30-8-4-2-6-24(30)10-20-34(32)38/h1-22,35-36H. The van der Waals surface area contributed by atoms with E-state index in [9.17, 15) is 9.59 Å². The molecule has 2 N–H and O–H groups in total. The van der Waals surface area contributed by atoms with E-state index in [0.717, 1.165) is 43.4 Å². The molecule has 0 amide bonds. The third-order valence-corrected chi connectivity index (χ3v) is 7.59. The van der Waals surface area contributed by atoms with Gasteiger partial charge in [0.05, 0.1) is 0 Å². The van der Waals surface area contributed by atoms with E-state index in [1.165, 1.54) is 0 Å². The number of hydrogen-bond donors (Lipinski definition) is 2. The Morgan fingerprint density at radius 2 is 0.897 bits per heavy atom. The van der Waals surface area contributed by atoms with Crippen molar-refractivity contribution >= 4 is 58.0 Å². The first-order valence-electron chi connectivity index (χ1n) is 12.6. The van der Waals surface area contributed by atoms with E-state index in [1.54, 1.807) is 36.3 Å². The molecular formula is C34H24N2O2S.